The highest BCUT2D eigenvalue weighted by Gasteiger charge is 2.22. The summed E-state index contributed by atoms with van der Waals surface area (Å²) in [4.78, 5) is 73.1. The van der Waals surface area contributed by atoms with Gasteiger partial charge in [-0.2, -0.15) is 46.7 Å². The fourth-order valence-corrected chi connectivity index (χ4v) is 7.44. The van der Waals surface area contributed by atoms with Crippen LogP contribution in [-0.4, -0.2) is 126 Å². The minimum absolute atomic E-state index is 0.0391. The van der Waals surface area contributed by atoms with Gasteiger partial charge in [0.1, 0.15) is 42.7 Å². The molecule has 8 N–H and O–H groups in total. The average Bonchev–Trinajstić information content (AvgIpc) is 3.25. The summed E-state index contributed by atoms with van der Waals surface area (Å²) >= 11 is 0. The molecule has 352 valence electrons. The highest BCUT2D eigenvalue weighted by molar-refractivity contribution is 7.86. The maximum atomic E-state index is 12.7. The fourth-order valence-electron chi connectivity index (χ4n) is 6.25. The van der Waals surface area contributed by atoms with Crippen molar-refractivity contribution in [2.75, 3.05) is 46.6 Å². The second-order valence-electron chi connectivity index (χ2n) is 14.4. The molecule has 0 spiro atoms. The van der Waals surface area contributed by atoms with E-state index in [0.717, 1.165) is 33.6 Å². The third kappa shape index (κ3) is 14.3. The summed E-state index contributed by atoms with van der Waals surface area (Å²) in [5, 5.41) is 43.6. The molecule has 0 aliphatic rings. The van der Waals surface area contributed by atoms with Gasteiger partial charge in [0.05, 0.1) is 4.90 Å². The SMILES string of the molecule is O=C(O)CN(CC(=O)O)c1nc(Cc2ccc(S(=O)(=O)O)cc2)nc(Nc2ccc(/C=C/c3ccc(Nc4nc(Cc5ccccc5)nc(N(CC(=O)O)CC(=O)O)n4)cc3S(=O)(=O)O)cc2)n1. The molecule has 0 atom stereocenters. The highest BCUT2D eigenvalue weighted by Crippen LogP contribution is 2.26. The Kier molecular flexibility index (Phi) is 15.3. The Morgan fingerprint density at radius 2 is 0.971 bits per heavy atom. The summed E-state index contributed by atoms with van der Waals surface area (Å²) in [5.74, 6) is -6.14. The maximum Gasteiger partial charge on any atom is 0.323 e. The quantitative estimate of drug-likeness (QED) is 0.0357. The van der Waals surface area contributed by atoms with Gasteiger partial charge < -0.3 is 40.9 Å². The van der Waals surface area contributed by atoms with Crippen LogP contribution < -0.4 is 20.4 Å². The van der Waals surface area contributed by atoms with E-state index in [1.165, 1.54) is 36.4 Å². The van der Waals surface area contributed by atoms with Gasteiger partial charge >= 0.3 is 23.9 Å². The minimum atomic E-state index is -4.86. The second kappa shape index (κ2) is 21.2. The van der Waals surface area contributed by atoms with Gasteiger partial charge in [-0.3, -0.25) is 28.3 Å². The third-order valence-corrected chi connectivity index (χ3v) is 10.9. The van der Waals surface area contributed by atoms with Crippen LogP contribution in [0.15, 0.2) is 107 Å². The van der Waals surface area contributed by atoms with Gasteiger partial charge in [-0.05, 0) is 58.7 Å². The summed E-state index contributed by atoms with van der Waals surface area (Å²) in [7, 11) is -9.33. The summed E-state index contributed by atoms with van der Waals surface area (Å²) in [6.45, 7) is -3.08. The normalized spacial score (nSPS) is 11.5. The minimum Gasteiger partial charge on any atom is -0.480 e. The van der Waals surface area contributed by atoms with Gasteiger partial charge in [0.25, 0.3) is 20.2 Å². The number of carbonyl (C=O) groups is 4. The first-order chi connectivity index (χ1) is 32.2. The zero-order chi connectivity index (χ0) is 49.2. The first-order valence-corrected chi connectivity index (χ1v) is 22.5. The van der Waals surface area contributed by atoms with Crippen molar-refractivity contribution in [2.24, 2.45) is 0 Å². The summed E-state index contributed by atoms with van der Waals surface area (Å²) in [5.41, 5.74) is 2.31. The van der Waals surface area contributed by atoms with Crippen LogP contribution >= 0.6 is 0 Å². The molecule has 24 nitrogen and oxygen atoms in total. The maximum absolute atomic E-state index is 12.7. The number of carboxylic acid groups (broad SMARTS) is 4. The molecule has 2 aromatic heterocycles. The molecule has 0 radical (unpaired) electrons. The predicted molar refractivity (Wildman–Crippen MR) is 241 cm³/mol. The lowest BCUT2D eigenvalue weighted by atomic mass is 10.1. The van der Waals surface area contributed by atoms with Crippen LogP contribution in [0.1, 0.15) is 33.9 Å². The van der Waals surface area contributed by atoms with Gasteiger partial charge in [0.2, 0.25) is 23.8 Å². The van der Waals surface area contributed by atoms with Crippen LogP contribution in [0.5, 0.6) is 0 Å². The number of rotatable bonds is 22. The van der Waals surface area contributed by atoms with Crippen LogP contribution in [0, 0.1) is 0 Å². The molecule has 68 heavy (non-hydrogen) atoms. The Balaban J connectivity index is 1.25. The summed E-state index contributed by atoms with van der Waals surface area (Å²) < 4.78 is 67.9. The monoisotopic (exact) mass is 970 g/mol. The Bertz CT molecular complexity index is 3080. The van der Waals surface area contributed by atoms with E-state index in [1.54, 1.807) is 54.6 Å². The third-order valence-electron chi connectivity index (χ3n) is 9.17. The number of aliphatic carboxylic acids is 4. The van der Waals surface area contributed by atoms with E-state index in [9.17, 15) is 65.5 Å². The molecular formula is C42H38N10O14S2. The van der Waals surface area contributed by atoms with E-state index in [2.05, 4.69) is 40.5 Å². The Morgan fingerprint density at radius 3 is 1.43 bits per heavy atom. The van der Waals surface area contributed by atoms with Crippen molar-refractivity contribution in [3.63, 3.8) is 0 Å². The van der Waals surface area contributed by atoms with Crippen molar-refractivity contribution in [1.82, 2.24) is 29.9 Å². The van der Waals surface area contributed by atoms with Crippen molar-refractivity contribution in [1.29, 1.82) is 0 Å². The van der Waals surface area contributed by atoms with Crippen molar-refractivity contribution in [3.05, 3.63) is 131 Å². The zero-order valence-corrected chi connectivity index (χ0v) is 36.6. The first-order valence-electron chi connectivity index (χ1n) is 19.6. The van der Waals surface area contributed by atoms with Crippen LogP contribution in [0.25, 0.3) is 12.2 Å². The molecule has 0 amide bonds. The molecule has 0 unspecified atom stereocenters. The number of carboxylic acids is 4. The molecule has 6 aromatic rings. The van der Waals surface area contributed by atoms with E-state index in [-0.39, 0.29) is 64.4 Å². The van der Waals surface area contributed by atoms with Gasteiger partial charge in [-0.25, -0.2) is 0 Å². The van der Waals surface area contributed by atoms with E-state index in [0.29, 0.717) is 16.8 Å². The van der Waals surface area contributed by atoms with Crippen LogP contribution in [0.2, 0.25) is 0 Å². The number of benzene rings is 4. The van der Waals surface area contributed by atoms with Crippen molar-refractivity contribution >= 4 is 91.4 Å². The molecule has 0 fully saturated rings. The smallest absolute Gasteiger partial charge is 0.323 e. The van der Waals surface area contributed by atoms with Crippen molar-refractivity contribution in [2.45, 2.75) is 22.6 Å². The lowest BCUT2D eigenvalue weighted by Gasteiger charge is -2.19. The molecule has 26 heteroatoms. The molecule has 0 aliphatic carbocycles. The molecule has 0 bridgehead atoms. The molecule has 4 aromatic carbocycles. The Hall–Kier alpha value is -8.46. The Labute approximate surface area is 385 Å². The first kappa shape index (κ1) is 49.0. The lowest BCUT2D eigenvalue weighted by Crippen LogP contribution is -2.36. The average molecular weight is 971 g/mol. The number of anilines is 6. The molecule has 0 saturated heterocycles. The standard InChI is InChI=1S/C42H38N10O14S2/c53-35(54)21-51(22-36(55)56)41-48-34(19-27-9-16-31(17-10-27)67(61,62)63)45-39(49-41)43-29-13-7-25(8-14-29)6-11-28-12-15-30(20-32(28)68(64,65)66)44-40-46-33(18-26-4-2-1-3-5-26)47-42(50-40)52(23-37(57)58)24-38(59)60/h1-17,20H,18-19,21-24H2,(H,53,54)(H,55,56)(H,57,58)(H,59,60)(H,61,62,63)(H,64,65,66)(H,43,45,48,49)(H,44,46,47,50)/b11-6+. The zero-order valence-electron chi connectivity index (χ0n) is 35.0. The van der Waals surface area contributed by atoms with Crippen molar-refractivity contribution in [3.8, 4) is 0 Å². The van der Waals surface area contributed by atoms with Crippen LogP contribution in [-0.2, 0) is 52.3 Å². The number of aromatic nitrogens is 6. The number of nitrogens with one attached hydrogen (secondary N) is 2. The number of hydrogen-bond donors (Lipinski definition) is 8. The van der Waals surface area contributed by atoms with Gasteiger partial charge in [-0.15, -0.1) is 0 Å². The number of nitrogens with zero attached hydrogens (tertiary/aromatic N) is 8. The Morgan fingerprint density at radius 1 is 0.515 bits per heavy atom. The van der Waals surface area contributed by atoms with Crippen LogP contribution in [0.3, 0.4) is 0 Å². The van der Waals surface area contributed by atoms with E-state index in [1.807, 2.05) is 0 Å². The van der Waals surface area contributed by atoms with Gasteiger partial charge in [-0.1, -0.05) is 72.8 Å². The summed E-state index contributed by atoms with van der Waals surface area (Å²) in [6.07, 6.45) is 3.04. The molecule has 2 heterocycles. The largest absolute Gasteiger partial charge is 0.480 e. The van der Waals surface area contributed by atoms with E-state index < -0.39 is 75.2 Å². The predicted octanol–water partition coefficient (Wildman–Crippen LogP) is 3.34. The molecule has 0 saturated carbocycles. The summed E-state index contributed by atoms with van der Waals surface area (Å²) in [6, 6.07) is 24.4. The molecular weight excluding hydrogens is 933 g/mol. The second-order valence-corrected chi connectivity index (χ2v) is 17.2. The topological polar surface area (TPSA) is 366 Å². The van der Waals surface area contributed by atoms with Gasteiger partial charge in [0, 0.05) is 24.2 Å². The van der Waals surface area contributed by atoms with Gasteiger partial charge in [0.15, 0.2) is 0 Å². The van der Waals surface area contributed by atoms with E-state index >= 15 is 0 Å². The molecule has 6 rings (SSSR count). The lowest BCUT2D eigenvalue weighted by molar-refractivity contribution is -0.138. The van der Waals surface area contributed by atoms with E-state index in [4.69, 9.17) is 0 Å². The van der Waals surface area contributed by atoms with Crippen molar-refractivity contribution < 1.29 is 65.5 Å². The number of hydrogen-bond acceptors (Lipinski definition) is 18. The van der Waals surface area contributed by atoms with Crippen LogP contribution in [0.4, 0.5) is 35.2 Å². The fraction of sp³-hybridized carbons (Fsp3) is 0.143. The highest BCUT2D eigenvalue weighted by atomic mass is 32.2. The molecule has 0 aliphatic heterocycles.